The van der Waals surface area contributed by atoms with Crippen LogP contribution in [0.5, 0.6) is 0 Å². The Balaban J connectivity index is 1.36. The van der Waals surface area contributed by atoms with E-state index in [9.17, 15) is 9.59 Å². The van der Waals surface area contributed by atoms with E-state index in [1.807, 2.05) is 10.3 Å². The maximum atomic E-state index is 12.6. The van der Waals surface area contributed by atoms with Gasteiger partial charge in [-0.2, -0.15) is 0 Å². The summed E-state index contributed by atoms with van der Waals surface area (Å²) in [5.41, 5.74) is 0.797. The van der Waals surface area contributed by atoms with Gasteiger partial charge in [-0.1, -0.05) is 6.42 Å². The van der Waals surface area contributed by atoms with Gasteiger partial charge >= 0.3 is 0 Å². The Hall–Kier alpha value is -1.47. The first-order valence-electron chi connectivity index (χ1n) is 8.97. The summed E-state index contributed by atoms with van der Waals surface area (Å²) in [7, 11) is 0. The van der Waals surface area contributed by atoms with Crippen molar-refractivity contribution in [3.8, 4) is 0 Å². The van der Waals surface area contributed by atoms with Crippen LogP contribution in [-0.2, 0) is 16.0 Å². The van der Waals surface area contributed by atoms with E-state index in [2.05, 4.69) is 9.88 Å². The summed E-state index contributed by atoms with van der Waals surface area (Å²) in [6.07, 6.45) is 5.65. The van der Waals surface area contributed by atoms with E-state index in [0.717, 1.165) is 43.4 Å². The summed E-state index contributed by atoms with van der Waals surface area (Å²) in [6.45, 7) is 4.63. The summed E-state index contributed by atoms with van der Waals surface area (Å²) in [4.78, 5) is 35.2. The number of piperidine rings is 1. The molecule has 1 aromatic rings. The zero-order valence-corrected chi connectivity index (χ0v) is 14.8. The molecular formula is C17H24N4O2S. The molecule has 3 fully saturated rings. The van der Waals surface area contributed by atoms with E-state index in [1.165, 1.54) is 37.1 Å². The van der Waals surface area contributed by atoms with Gasteiger partial charge in [-0.05, 0) is 25.8 Å². The molecule has 1 atom stereocenters. The zero-order valence-electron chi connectivity index (χ0n) is 13.9. The van der Waals surface area contributed by atoms with Crippen LogP contribution in [-0.4, -0.2) is 65.4 Å². The van der Waals surface area contributed by atoms with Crippen molar-refractivity contribution in [1.29, 1.82) is 0 Å². The number of carbonyl (C=O) groups excluding carboxylic acids is 2. The lowest BCUT2D eigenvalue weighted by Gasteiger charge is -2.44. The highest BCUT2D eigenvalue weighted by Gasteiger charge is 2.31. The number of nitrogens with zero attached hydrogens (tertiary/aromatic N) is 4. The van der Waals surface area contributed by atoms with Crippen molar-refractivity contribution in [2.45, 2.75) is 44.6 Å². The molecule has 2 amide bonds. The predicted octanol–water partition coefficient (Wildman–Crippen LogP) is 1.51. The number of carbonyl (C=O) groups is 2. The lowest BCUT2D eigenvalue weighted by molar-refractivity contribution is -0.134. The highest BCUT2D eigenvalue weighted by Crippen LogP contribution is 2.26. The molecule has 0 aromatic carbocycles. The first-order valence-corrected chi connectivity index (χ1v) is 9.85. The largest absolute Gasteiger partial charge is 0.340 e. The van der Waals surface area contributed by atoms with E-state index in [0.29, 0.717) is 18.9 Å². The van der Waals surface area contributed by atoms with Crippen LogP contribution in [0.4, 0.5) is 5.13 Å². The number of aromatic nitrogens is 1. The van der Waals surface area contributed by atoms with Crippen LogP contribution >= 0.6 is 11.3 Å². The Morgan fingerprint density at radius 3 is 2.96 bits per heavy atom. The molecule has 4 rings (SSSR count). The minimum atomic E-state index is 0.149. The molecule has 0 saturated carbocycles. The summed E-state index contributed by atoms with van der Waals surface area (Å²) in [6, 6.07) is 0.546. The molecule has 0 radical (unpaired) electrons. The first-order chi connectivity index (χ1) is 11.7. The second-order valence-corrected chi connectivity index (χ2v) is 7.81. The van der Waals surface area contributed by atoms with Crippen molar-refractivity contribution in [3.05, 3.63) is 11.1 Å². The van der Waals surface area contributed by atoms with Crippen LogP contribution < -0.4 is 4.90 Å². The van der Waals surface area contributed by atoms with E-state index in [1.54, 1.807) is 4.90 Å². The molecule has 7 heteroatoms. The molecule has 24 heavy (non-hydrogen) atoms. The van der Waals surface area contributed by atoms with Crippen LogP contribution in [0.25, 0.3) is 0 Å². The summed E-state index contributed by atoms with van der Waals surface area (Å²) in [5, 5.41) is 2.67. The number of fused-ring (bicyclic) bond motifs is 1. The molecule has 0 bridgehead atoms. The fourth-order valence-corrected chi connectivity index (χ4v) is 4.87. The number of thiazole rings is 1. The maximum Gasteiger partial charge on any atom is 0.228 e. The Labute approximate surface area is 146 Å². The number of anilines is 1. The molecule has 6 nitrogen and oxygen atoms in total. The molecular weight excluding hydrogens is 324 g/mol. The van der Waals surface area contributed by atoms with Crippen molar-refractivity contribution in [1.82, 2.24) is 14.8 Å². The smallest absolute Gasteiger partial charge is 0.228 e. The van der Waals surface area contributed by atoms with Crippen LogP contribution in [0.1, 0.15) is 37.8 Å². The lowest BCUT2D eigenvalue weighted by Crippen LogP contribution is -2.56. The Morgan fingerprint density at radius 1 is 1.21 bits per heavy atom. The molecule has 130 valence electrons. The van der Waals surface area contributed by atoms with Gasteiger partial charge in [-0.3, -0.25) is 19.4 Å². The van der Waals surface area contributed by atoms with Crippen molar-refractivity contribution in [2.24, 2.45) is 0 Å². The molecule has 0 unspecified atom stereocenters. The fraction of sp³-hybridized carbons (Fsp3) is 0.706. The average Bonchev–Trinajstić information content (AvgIpc) is 3.23. The van der Waals surface area contributed by atoms with Gasteiger partial charge in [0.05, 0.1) is 12.1 Å². The van der Waals surface area contributed by atoms with E-state index >= 15 is 0 Å². The summed E-state index contributed by atoms with van der Waals surface area (Å²) in [5.74, 6) is 0.320. The Bertz CT molecular complexity index is 632. The maximum absolute atomic E-state index is 12.6. The number of piperazine rings is 1. The van der Waals surface area contributed by atoms with Gasteiger partial charge < -0.3 is 4.90 Å². The number of hydrogen-bond donors (Lipinski definition) is 0. The number of hydrogen-bond acceptors (Lipinski definition) is 5. The topological polar surface area (TPSA) is 56.8 Å². The van der Waals surface area contributed by atoms with E-state index in [-0.39, 0.29) is 11.8 Å². The number of rotatable bonds is 3. The van der Waals surface area contributed by atoms with Crippen LogP contribution in [0.3, 0.4) is 0 Å². The van der Waals surface area contributed by atoms with E-state index in [4.69, 9.17) is 0 Å². The summed E-state index contributed by atoms with van der Waals surface area (Å²) >= 11 is 1.47. The second kappa shape index (κ2) is 6.80. The Morgan fingerprint density at radius 2 is 2.12 bits per heavy atom. The zero-order chi connectivity index (χ0) is 16.5. The predicted molar refractivity (Wildman–Crippen MR) is 93.2 cm³/mol. The molecule has 0 N–H and O–H groups in total. The van der Waals surface area contributed by atoms with Gasteiger partial charge in [0, 0.05) is 44.0 Å². The first kappa shape index (κ1) is 16.0. The fourth-order valence-electron chi connectivity index (χ4n) is 4.00. The average molecular weight is 348 g/mol. The molecule has 4 heterocycles. The van der Waals surface area contributed by atoms with E-state index < -0.39 is 0 Å². The normalized spacial score (nSPS) is 25.2. The van der Waals surface area contributed by atoms with Gasteiger partial charge in [0.1, 0.15) is 0 Å². The minimum Gasteiger partial charge on any atom is -0.340 e. The standard InChI is InChI=1S/C17H24N4O2S/c22-15-5-3-7-21(15)17-18-13(12-24-17)10-16(23)20-9-8-19-6-2-1-4-14(19)11-20/h12,14H,1-11H2/t14-/m0/s1. The lowest BCUT2D eigenvalue weighted by atomic mass is 9.99. The van der Waals surface area contributed by atoms with Gasteiger partial charge in [0.2, 0.25) is 11.8 Å². The molecule has 1 aromatic heterocycles. The summed E-state index contributed by atoms with van der Waals surface area (Å²) < 4.78 is 0. The third-order valence-corrected chi connectivity index (χ3v) is 6.28. The second-order valence-electron chi connectivity index (χ2n) is 6.97. The minimum absolute atomic E-state index is 0.149. The molecule has 0 aliphatic carbocycles. The van der Waals surface area contributed by atoms with Crippen LogP contribution in [0, 0.1) is 0 Å². The number of amides is 2. The molecule has 3 saturated heterocycles. The SMILES string of the molecule is O=C(Cc1csc(N2CCCC2=O)n1)N1CCN2CCCC[C@H]2C1. The highest BCUT2D eigenvalue weighted by atomic mass is 32.1. The third kappa shape index (κ3) is 3.19. The Kier molecular flexibility index (Phi) is 4.54. The van der Waals surface area contributed by atoms with Crippen molar-refractivity contribution in [2.75, 3.05) is 37.6 Å². The highest BCUT2D eigenvalue weighted by molar-refractivity contribution is 7.14. The molecule has 0 spiro atoms. The van der Waals surface area contributed by atoms with Gasteiger partial charge in [0.25, 0.3) is 0 Å². The van der Waals surface area contributed by atoms with Crippen molar-refractivity contribution < 1.29 is 9.59 Å². The third-order valence-electron chi connectivity index (χ3n) is 5.37. The van der Waals surface area contributed by atoms with Crippen LogP contribution in [0.15, 0.2) is 5.38 Å². The monoisotopic (exact) mass is 348 g/mol. The van der Waals surface area contributed by atoms with Crippen molar-refractivity contribution in [3.63, 3.8) is 0 Å². The van der Waals surface area contributed by atoms with Gasteiger partial charge in [-0.25, -0.2) is 4.98 Å². The van der Waals surface area contributed by atoms with Gasteiger partial charge in [0.15, 0.2) is 5.13 Å². The molecule has 3 aliphatic rings. The van der Waals surface area contributed by atoms with Gasteiger partial charge in [-0.15, -0.1) is 11.3 Å². The van der Waals surface area contributed by atoms with Crippen molar-refractivity contribution >= 4 is 28.3 Å². The quantitative estimate of drug-likeness (QED) is 0.831. The van der Waals surface area contributed by atoms with Crippen LogP contribution in [0.2, 0.25) is 0 Å². The molecule has 3 aliphatic heterocycles.